The summed E-state index contributed by atoms with van der Waals surface area (Å²) in [5, 5.41) is 0. The molecule has 0 radical (unpaired) electrons. The van der Waals surface area contributed by atoms with Crippen LogP contribution in [0.25, 0.3) is 0 Å². The Balaban J connectivity index is 2.23. The minimum atomic E-state index is -0.117. The lowest BCUT2D eigenvalue weighted by Crippen LogP contribution is -2.17. The predicted octanol–water partition coefficient (Wildman–Crippen LogP) is 1.03. The molecular formula is C8H13NO2. The van der Waals surface area contributed by atoms with Crippen LogP contribution in [0.5, 0.6) is 0 Å². The Bertz CT molecular complexity index is 165. The molecule has 0 aliphatic carbocycles. The normalized spacial score (nSPS) is 22.1. The number of hydrogen-bond donors (Lipinski definition) is 0. The van der Waals surface area contributed by atoms with Gasteiger partial charge in [-0.1, -0.05) is 6.92 Å². The first-order valence-corrected chi connectivity index (χ1v) is 4.01. The molecule has 11 heavy (non-hydrogen) atoms. The second kappa shape index (κ2) is 4.11. The fourth-order valence-electron chi connectivity index (χ4n) is 0.978. The van der Waals surface area contributed by atoms with Crippen molar-refractivity contribution in [3.05, 3.63) is 0 Å². The average molecular weight is 155 g/mol. The number of carbonyl (C=O) groups excluding carboxylic acids is 1. The maximum absolute atomic E-state index is 11.1. The molecule has 0 saturated heterocycles. The Kier molecular flexibility index (Phi) is 3.08. The molecule has 3 nitrogen and oxygen atoms in total. The average Bonchev–Trinajstić information content (AvgIpc) is 2.52. The van der Waals surface area contributed by atoms with Gasteiger partial charge in [-0.3, -0.25) is 9.79 Å². The number of esters is 1. The van der Waals surface area contributed by atoms with Crippen LogP contribution in [0.3, 0.4) is 0 Å². The molecule has 1 rings (SSSR count). The number of rotatable bonds is 3. The minimum Gasteiger partial charge on any atom is -0.465 e. The van der Waals surface area contributed by atoms with Gasteiger partial charge in [-0.2, -0.15) is 0 Å². The van der Waals surface area contributed by atoms with Crippen molar-refractivity contribution in [1.29, 1.82) is 0 Å². The zero-order chi connectivity index (χ0) is 8.10. The van der Waals surface area contributed by atoms with E-state index in [0.29, 0.717) is 6.61 Å². The van der Waals surface area contributed by atoms with Gasteiger partial charge < -0.3 is 4.74 Å². The third-order valence-electron chi connectivity index (χ3n) is 1.61. The summed E-state index contributed by atoms with van der Waals surface area (Å²) in [4.78, 5) is 15.1. The summed E-state index contributed by atoms with van der Waals surface area (Å²) in [5.74, 6) is -0.186. The molecule has 0 saturated carbocycles. The topological polar surface area (TPSA) is 38.7 Å². The number of hydrogen-bond acceptors (Lipinski definition) is 3. The van der Waals surface area contributed by atoms with E-state index < -0.39 is 0 Å². The van der Waals surface area contributed by atoms with E-state index in [-0.39, 0.29) is 11.9 Å². The maximum Gasteiger partial charge on any atom is 0.314 e. The number of nitrogens with zero attached hydrogens (tertiary/aromatic N) is 1. The molecule has 62 valence electrons. The zero-order valence-corrected chi connectivity index (χ0v) is 6.75. The van der Waals surface area contributed by atoms with E-state index in [9.17, 15) is 4.79 Å². The summed E-state index contributed by atoms with van der Waals surface area (Å²) in [6.07, 6.45) is 3.40. The molecule has 1 aliphatic heterocycles. The smallest absolute Gasteiger partial charge is 0.314 e. The highest BCUT2D eigenvalue weighted by atomic mass is 16.5. The van der Waals surface area contributed by atoms with E-state index in [1.165, 1.54) is 0 Å². The van der Waals surface area contributed by atoms with Crippen LogP contribution in [0.2, 0.25) is 0 Å². The summed E-state index contributed by atoms with van der Waals surface area (Å²) in [6, 6.07) is 0. The monoisotopic (exact) mass is 155 g/mol. The van der Waals surface area contributed by atoms with E-state index in [2.05, 4.69) is 4.99 Å². The Labute approximate surface area is 66.5 Å². The van der Waals surface area contributed by atoms with E-state index in [4.69, 9.17) is 4.74 Å². The number of ether oxygens (including phenoxy) is 1. The number of aliphatic imine (C=N–C) groups is 1. The third kappa shape index (κ3) is 2.33. The lowest BCUT2D eigenvalue weighted by Gasteiger charge is -2.05. The summed E-state index contributed by atoms with van der Waals surface area (Å²) in [7, 11) is 0. The molecule has 0 amide bonds. The summed E-state index contributed by atoms with van der Waals surface area (Å²) >= 11 is 0. The zero-order valence-electron chi connectivity index (χ0n) is 6.75. The highest BCUT2D eigenvalue weighted by molar-refractivity contribution is 5.90. The maximum atomic E-state index is 11.1. The summed E-state index contributed by atoms with van der Waals surface area (Å²) < 4.78 is 4.94. The van der Waals surface area contributed by atoms with Gasteiger partial charge in [-0.05, 0) is 12.8 Å². The van der Waals surface area contributed by atoms with Gasteiger partial charge in [0.1, 0.15) is 0 Å². The van der Waals surface area contributed by atoms with Crippen LogP contribution in [-0.2, 0) is 9.53 Å². The highest BCUT2D eigenvalue weighted by Crippen LogP contribution is 2.09. The SMILES string of the molecule is CCCOC(=O)C1C=NCC1. The van der Waals surface area contributed by atoms with Crippen molar-refractivity contribution in [2.75, 3.05) is 13.2 Å². The molecule has 0 aromatic rings. The molecule has 3 heteroatoms. The largest absolute Gasteiger partial charge is 0.465 e. The van der Waals surface area contributed by atoms with Crippen LogP contribution >= 0.6 is 0 Å². The highest BCUT2D eigenvalue weighted by Gasteiger charge is 2.20. The Morgan fingerprint density at radius 3 is 3.18 bits per heavy atom. The Morgan fingerprint density at radius 1 is 1.82 bits per heavy atom. The van der Waals surface area contributed by atoms with Crippen LogP contribution in [0.4, 0.5) is 0 Å². The Morgan fingerprint density at radius 2 is 2.64 bits per heavy atom. The molecule has 1 unspecified atom stereocenters. The summed E-state index contributed by atoms with van der Waals surface area (Å²) in [6.45, 7) is 3.28. The quantitative estimate of drug-likeness (QED) is 0.571. The predicted molar refractivity (Wildman–Crippen MR) is 42.7 cm³/mol. The van der Waals surface area contributed by atoms with Gasteiger partial charge in [0, 0.05) is 12.8 Å². The fraction of sp³-hybridized carbons (Fsp3) is 0.750. The van der Waals surface area contributed by atoms with Crippen LogP contribution < -0.4 is 0 Å². The van der Waals surface area contributed by atoms with Crippen molar-refractivity contribution in [1.82, 2.24) is 0 Å². The molecular weight excluding hydrogens is 142 g/mol. The standard InChI is InChI=1S/C8H13NO2/c1-2-5-11-8(10)7-3-4-9-6-7/h6-7H,2-5H2,1H3. The van der Waals surface area contributed by atoms with E-state index in [0.717, 1.165) is 19.4 Å². The van der Waals surface area contributed by atoms with Gasteiger partial charge >= 0.3 is 5.97 Å². The third-order valence-corrected chi connectivity index (χ3v) is 1.61. The van der Waals surface area contributed by atoms with Gasteiger partial charge in [-0.15, -0.1) is 0 Å². The molecule has 0 spiro atoms. The summed E-state index contributed by atoms with van der Waals surface area (Å²) in [5.41, 5.74) is 0. The van der Waals surface area contributed by atoms with Gasteiger partial charge in [0.15, 0.2) is 0 Å². The molecule has 1 atom stereocenters. The molecule has 0 aromatic heterocycles. The van der Waals surface area contributed by atoms with Crippen LogP contribution in [0, 0.1) is 5.92 Å². The lowest BCUT2D eigenvalue weighted by atomic mass is 10.1. The van der Waals surface area contributed by atoms with Crippen molar-refractivity contribution in [3.8, 4) is 0 Å². The second-order valence-electron chi connectivity index (χ2n) is 2.62. The Hall–Kier alpha value is -0.860. The van der Waals surface area contributed by atoms with Crippen molar-refractivity contribution >= 4 is 12.2 Å². The van der Waals surface area contributed by atoms with E-state index in [1.807, 2.05) is 6.92 Å². The van der Waals surface area contributed by atoms with Crippen molar-refractivity contribution in [3.63, 3.8) is 0 Å². The minimum absolute atomic E-state index is 0.0680. The van der Waals surface area contributed by atoms with Crippen molar-refractivity contribution in [2.24, 2.45) is 10.9 Å². The number of carbonyl (C=O) groups is 1. The first-order valence-electron chi connectivity index (χ1n) is 4.01. The van der Waals surface area contributed by atoms with Gasteiger partial charge in [0.2, 0.25) is 0 Å². The van der Waals surface area contributed by atoms with E-state index >= 15 is 0 Å². The molecule has 0 aromatic carbocycles. The van der Waals surface area contributed by atoms with Crippen LogP contribution in [-0.4, -0.2) is 25.3 Å². The van der Waals surface area contributed by atoms with E-state index in [1.54, 1.807) is 6.21 Å². The first-order chi connectivity index (χ1) is 5.34. The van der Waals surface area contributed by atoms with Gasteiger partial charge in [-0.25, -0.2) is 0 Å². The van der Waals surface area contributed by atoms with Crippen LogP contribution in [0.1, 0.15) is 19.8 Å². The van der Waals surface area contributed by atoms with Crippen LogP contribution in [0.15, 0.2) is 4.99 Å². The molecule has 1 heterocycles. The molecule has 0 N–H and O–H groups in total. The lowest BCUT2D eigenvalue weighted by molar-refractivity contribution is -0.145. The van der Waals surface area contributed by atoms with Gasteiger partial charge in [0.05, 0.1) is 12.5 Å². The van der Waals surface area contributed by atoms with Gasteiger partial charge in [0.25, 0.3) is 0 Å². The van der Waals surface area contributed by atoms with Crippen molar-refractivity contribution < 1.29 is 9.53 Å². The van der Waals surface area contributed by atoms with Crippen molar-refractivity contribution in [2.45, 2.75) is 19.8 Å². The first kappa shape index (κ1) is 8.24. The fourth-order valence-corrected chi connectivity index (χ4v) is 0.978. The molecule has 0 bridgehead atoms. The molecule has 1 aliphatic rings. The second-order valence-corrected chi connectivity index (χ2v) is 2.62. The molecule has 0 fully saturated rings.